The largest absolute Gasteiger partial charge is 0.609 e. The lowest BCUT2D eigenvalue weighted by molar-refractivity contribution is 0.591. The van der Waals surface area contributed by atoms with Gasteiger partial charge in [0.2, 0.25) is 0 Å². The van der Waals surface area contributed by atoms with E-state index in [1.807, 2.05) is 42.5 Å². The van der Waals surface area contributed by atoms with E-state index in [0.717, 1.165) is 5.56 Å². The number of pyridine rings is 1. The second kappa shape index (κ2) is 7.08. The van der Waals surface area contributed by atoms with Crippen molar-refractivity contribution in [3.8, 4) is 22.5 Å². The summed E-state index contributed by atoms with van der Waals surface area (Å²) in [6.45, 7) is 0. The normalized spacial score (nSPS) is 12.5. The molecule has 6 nitrogen and oxygen atoms in total. The molecule has 148 valence electrons. The van der Waals surface area contributed by atoms with E-state index in [1.165, 1.54) is 12.5 Å². The number of anilines is 1. The van der Waals surface area contributed by atoms with Crippen LogP contribution in [0.2, 0.25) is 0 Å². The highest BCUT2D eigenvalue weighted by atomic mass is 32.2. The molecule has 2 N–H and O–H groups in total. The Labute approximate surface area is 174 Å². The van der Waals surface area contributed by atoms with Crippen molar-refractivity contribution in [2.45, 2.75) is 5.16 Å². The summed E-state index contributed by atoms with van der Waals surface area (Å²) in [5, 5.41) is 0.949. The molecule has 2 aromatic carbocycles. The third-order valence-corrected chi connectivity index (χ3v) is 5.74. The summed E-state index contributed by atoms with van der Waals surface area (Å²) in [6.07, 6.45) is 4.62. The molecule has 0 bridgehead atoms. The molecule has 5 aromatic rings. The number of hydrogen-bond acceptors (Lipinski definition) is 5. The molecular weight excluding hydrogens is 401 g/mol. The van der Waals surface area contributed by atoms with Crippen LogP contribution in [0.25, 0.3) is 38.9 Å². The average molecular weight is 417 g/mol. The van der Waals surface area contributed by atoms with Crippen LogP contribution in [-0.4, -0.2) is 30.2 Å². The molecule has 0 radical (unpaired) electrons. The summed E-state index contributed by atoms with van der Waals surface area (Å²) >= 11 is -1.40. The first-order valence-electron chi connectivity index (χ1n) is 9.15. The van der Waals surface area contributed by atoms with E-state index in [2.05, 4.69) is 15.0 Å². The Bertz CT molecular complexity index is 1400. The topological polar surface area (TPSA) is 92.2 Å². The van der Waals surface area contributed by atoms with Crippen LogP contribution in [0.4, 0.5) is 10.2 Å². The van der Waals surface area contributed by atoms with Crippen LogP contribution in [0, 0.1) is 5.82 Å². The summed E-state index contributed by atoms with van der Waals surface area (Å²) in [5.41, 5.74) is 8.80. The molecule has 0 spiro atoms. The van der Waals surface area contributed by atoms with E-state index in [1.54, 1.807) is 22.7 Å². The Balaban J connectivity index is 1.77. The van der Waals surface area contributed by atoms with Crippen LogP contribution < -0.4 is 5.73 Å². The smallest absolute Gasteiger partial charge is 0.328 e. The van der Waals surface area contributed by atoms with Crippen molar-refractivity contribution in [2.75, 3.05) is 12.0 Å². The van der Waals surface area contributed by atoms with E-state index >= 15 is 4.39 Å². The molecule has 3 heterocycles. The van der Waals surface area contributed by atoms with Gasteiger partial charge in [-0.05, 0) is 12.1 Å². The zero-order chi connectivity index (χ0) is 20.8. The standard InChI is InChI=1S/C22H16FN5OS/c1-30(29)22-27-19(20-21(24)25-11-12-28(20)22)15-9-7-14-8-10-16(26-18(14)17(15)23)13-5-3-2-4-6-13/h2-12H,1H3,(H2,24,25). The van der Waals surface area contributed by atoms with Crippen molar-refractivity contribution in [1.82, 2.24) is 19.4 Å². The molecule has 5 rings (SSSR count). The number of benzene rings is 2. The Morgan fingerprint density at radius 3 is 2.57 bits per heavy atom. The minimum absolute atomic E-state index is 0.183. The minimum Gasteiger partial charge on any atom is -0.609 e. The molecular formula is C22H16FN5OS. The number of aromatic nitrogens is 4. The van der Waals surface area contributed by atoms with Crippen LogP contribution in [-0.2, 0) is 11.2 Å². The van der Waals surface area contributed by atoms with Gasteiger partial charge in [0, 0.05) is 40.1 Å². The van der Waals surface area contributed by atoms with Gasteiger partial charge in [-0.25, -0.2) is 14.4 Å². The second-order valence-corrected chi connectivity index (χ2v) is 8.06. The maximum absolute atomic E-state index is 15.7. The maximum atomic E-state index is 15.7. The third-order valence-electron chi connectivity index (χ3n) is 4.93. The van der Waals surface area contributed by atoms with Gasteiger partial charge < -0.3 is 10.3 Å². The fourth-order valence-electron chi connectivity index (χ4n) is 3.53. The summed E-state index contributed by atoms with van der Waals surface area (Å²) < 4.78 is 29.4. The number of nitrogens with zero attached hydrogens (tertiary/aromatic N) is 4. The summed E-state index contributed by atoms with van der Waals surface area (Å²) in [4.78, 5) is 13.1. The van der Waals surface area contributed by atoms with Gasteiger partial charge in [-0.15, -0.1) is 0 Å². The van der Waals surface area contributed by atoms with Crippen molar-refractivity contribution in [3.63, 3.8) is 0 Å². The number of fused-ring (bicyclic) bond motifs is 2. The van der Waals surface area contributed by atoms with E-state index in [0.29, 0.717) is 16.6 Å². The lowest BCUT2D eigenvalue weighted by Crippen LogP contribution is -2.04. The SMILES string of the molecule is C[S+]([O-])c1nc(-c2ccc3ccc(-c4ccccc4)nc3c2F)c2c(N)nccn12. The lowest BCUT2D eigenvalue weighted by Gasteiger charge is -2.07. The van der Waals surface area contributed by atoms with Crippen molar-refractivity contribution < 1.29 is 8.94 Å². The first-order valence-corrected chi connectivity index (χ1v) is 10.7. The molecule has 0 aliphatic carbocycles. The van der Waals surface area contributed by atoms with Crippen LogP contribution in [0.1, 0.15) is 0 Å². The van der Waals surface area contributed by atoms with Gasteiger partial charge in [0.25, 0.3) is 0 Å². The van der Waals surface area contributed by atoms with Crippen molar-refractivity contribution in [3.05, 3.63) is 72.8 Å². The van der Waals surface area contributed by atoms with Gasteiger partial charge >= 0.3 is 5.16 Å². The predicted molar refractivity (Wildman–Crippen MR) is 116 cm³/mol. The molecule has 0 aliphatic rings. The second-order valence-electron chi connectivity index (χ2n) is 6.79. The minimum atomic E-state index is -1.40. The van der Waals surface area contributed by atoms with Crippen LogP contribution in [0.3, 0.4) is 0 Å². The quantitative estimate of drug-likeness (QED) is 0.447. The molecule has 1 unspecified atom stereocenters. The summed E-state index contributed by atoms with van der Waals surface area (Å²) in [7, 11) is 0. The Hall–Kier alpha value is -3.49. The molecule has 0 saturated heterocycles. The van der Waals surface area contributed by atoms with Gasteiger partial charge in [-0.2, -0.15) is 4.98 Å². The fourth-order valence-corrected chi connectivity index (χ4v) is 4.18. The van der Waals surface area contributed by atoms with Gasteiger partial charge in [0.1, 0.15) is 28.8 Å². The Morgan fingerprint density at radius 1 is 1.03 bits per heavy atom. The van der Waals surface area contributed by atoms with Gasteiger partial charge in [-0.3, -0.25) is 4.40 Å². The van der Waals surface area contributed by atoms with E-state index in [9.17, 15) is 4.55 Å². The lowest BCUT2D eigenvalue weighted by atomic mass is 10.0. The van der Waals surface area contributed by atoms with Crippen molar-refractivity contribution >= 4 is 33.4 Å². The number of nitrogen functional groups attached to an aromatic ring is 1. The van der Waals surface area contributed by atoms with Crippen molar-refractivity contribution in [2.24, 2.45) is 0 Å². The molecule has 1 atom stereocenters. The third kappa shape index (κ3) is 2.89. The molecule has 8 heteroatoms. The maximum Gasteiger partial charge on any atom is 0.328 e. The number of imidazole rings is 1. The molecule has 30 heavy (non-hydrogen) atoms. The molecule has 0 aliphatic heterocycles. The highest BCUT2D eigenvalue weighted by Crippen LogP contribution is 2.34. The van der Waals surface area contributed by atoms with Gasteiger partial charge in [0.05, 0.1) is 5.69 Å². The molecule has 3 aromatic heterocycles. The highest BCUT2D eigenvalue weighted by molar-refractivity contribution is 7.90. The number of hydrogen-bond donors (Lipinski definition) is 1. The predicted octanol–water partition coefficient (Wildman–Crippen LogP) is 4.07. The summed E-state index contributed by atoms with van der Waals surface area (Å²) in [6, 6.07) is 16.7. The summed E-state index contributed by atoms with van der Waals surface area (Å²) in [5.74, 6) is -0.329. The Morgan fingerprint density at radius 2 is 1.80 bits per heavy atom. The molecule has 0 amide bonds. The first kappa shape index (κ1) is 18.5. The van der Waals surface area contributed by atoms with E-state index in [4.69, 9.17) is 5.73 Å². The van der Waals surface area contributed by atoms with Crippen LogP contribution in [0.15, 0.2) is 72.1 Å². The van der Waals surface area contributed by atoms with Crippen molar-refractivity contribution in [1.29, 1.82) is 0 Å². The van der Waals surface area contributed by atoms with Gasteiger partial charge in [0.15, 0.2) is 5.82 Å². The van der Waals surface area contributed by atoms with Crippen LogP contribution in [0.5, 0.6) is 0 Å². The number of rotatable bonds is 3. The average Bonchev–Trinajstić information content (AvgIpc) is 3.16. The zero-order valence-electron chi connectivity index (χ0n) is 15.9. The zero-order valence-corrected chi connectivity index (χ0v) is 16.7. The first-order chi connectivity index (χ1) is 14.5. The van der Waals surface area contributed by atoms with Gasteiger partial charge in [-0.1, -0.05) is 42.5 Å². The molecule has 0 fully saturated rings. The number of halogens is 1. The number of nitrogens with two attached hydrogens (primary N) is 1. The monoisotopic (exact) mass is 417 g/mol. The fraction of sp³-hybridized carbons (Fsp3) is 0.0455. The van der Waals surface area contributed by atoms with E-state index in [-0.39, 0.29) is 27.7 Å². The van der Waals surface area contributed by atoms with Crippen LogP contribution >= 0.6 is 0 Å². The van der Waals surface area contributed by atoms with E-state index < -0.39 is 17.0 Å². The molecule has 0 saturated carbocycles. The Kier molecular flexibility index (Phi) is 4.38. The highest BCUT2D eigenvalue weighted by Gasteiger charge is 2.24.